The standard InChI is InChI=1S/C15H20BClO2/c1-11-8-12(10-13(17)9-11)6-7-16-18-14(2,3)15(4,5)19-16/h6-10H,1-5H3/b7-6+. The van der Waals surface area contributed by atoms with Crippen LogP contribution in [0.1, 0.15) is 38.8 Å². The maximum absolute atomic E-state index is 6.04. The third-order valence-electron chi connectivity index (χ3n) is 3.78. The van der Waals surface area contributed by atoms with Crippen LogP contribution >= 0.6 is 11.6 Å². The van der Waals surface area contributed by atoms with Crippen molar-refractivity contribution in [3.05, 3.63) is 40.3 Å². The van der Waals surface area contributed by atoms with Gasteiger partial charge in [-0.2, -0.15) is 0 Å². The molecule has 1 heterocycles. The highest BCUT2D eigenvalue weighted by Gasteiger charge is 2.49. The van der Waals surface area contributed by atoms with Gasteiger partial charge < -0.3 is 9.31 Å². The Kier molecular flexibility index (Phi) is 3.83. The Bertz CT molecular complexity index is 473. The number of halogens is 1. The van der Waals surface area contributed by atoms with E-state index in [0.717, 1.165) is 16.1 Å². The quantitative estimate of drug-likeness (QED) is 0.751. The van der Waals surface area contributed by atoms with E-state index in [1.54, 1.807) is 0 Å². The smallest absolute Gasteiger partial charge is 0.400 e. The number of hydrogen-bond acceptors (Lipinski definition) is 2. The Morgan fingerprint density at radius 3 is 2.16 bits per heavy atom. The van der Waals surface area contributed by atoms with Crippen LogP contribution in [0.2, 0.25) is 5.02 Å². The number of benzene rings is 1. The van der Waals surface area contributed by atoms with Crippen LogP contribution in [-0.4, -0.2) is 18.3 Å². The molecular formula is C15H20BClO2. The molecule has 1 aliphatic rings. The molecule has 0 unspecified atom stereocenters. The summed E-state index contributed by atoms with van der Waals surface area (Å²) in [4.78, 5) is 0. The summed E-state index contributed by atoms with van der Waals surface area (Å²) < 4.78 is 11.8. The molecular weight excluding hydrogens is 258 g/mol. The number of hydrogen-bond donors (Lipinski definition) is 0. The first-order valence-electron chi connectivity index (χ1n) is 6.51. The van der Waals surface area contributed by atoms with Crippen LogP contribution in [0.15, 0.2) is 24.2 Å². The molecule has 19 heavy (non-hydrogen) atoms. The van der Waals surface area contributed by atoms with E-state index in [1.807, 2.05) is 58.8 Å². The fourth-order valence-electron chi connectivity index (χ4n) is 2.02. The summed E-state index contributed by atoms with van der Waals surface area (Å²) in [5.41, 5.74) is 1.60. The van der Waals surface area contributed by atoms with E-state index in [4.69, 9.17) is 20.9 Å². The molecule has 2 nitrogen and oxygen atoms in total. The average molecular weight is 279 g/mol. The van der Waals surface area contributed by atoms with Crippen LogP contribution in [0, 0.1) is 6.92 Å². The zero-order chi connectivity index (χ0) is 14.3. The molecule has 0 aliphatic carbocycles. The summed E-state index contributed by atoms with van der Waals surface area (Å²) in [7, 11) is -0.315. The molecule has 102 valence electrons. The van der Waals surface area contributed by atoms with E-state index < -0.39 is 0 Å². The van der Waals surface area contributed by atoms with Gasteiger partial charge in [-0.25, -0.2) is 0 Å². The Morgan fingerprint density at radius 2 is 1.63 bits per heavy atom. The Balaban J connectivity index is 2.12. The Morgan fingerprint density at radius 1 is 1.05 bits per heavy atom. The molecule has 0 amide bonds. The minimum Gasteiger partial charge on any atom is -0.400 e. The van der Waals surface area contributed by atoms with Gasteiger partial charge in [0.2, 0.25) is 0 Å². The van der Waals surface area contributed by atoms with Crippen LogP contribution in [0.5, 0.6) is 0 Å². The van der Waals surface area contributed by atoms with Crippen LogP contribution < -0.4 is 0 Å². The van der Waals surface area contributed by atoms with Crippen molar-refractivity contribution in [3.63, 3.8) is 0 Å². The van der Waals surface area contributed by atoms with E-state index >= 15 is 0 Å². The second kappa shape index (κ2) is 4.97. The molecule has 0 atom stereocenters. The predicted molar refractivity (Wildman–Crippen MR) is 81.3 cm³/mol. The second-order valence-electron chi connectivity index (χ2n) is 6.05. The highest BCUT2D eigenvalue weighted by atomic mass is 35.5. The summed E-state index contributed by atoms with van der Waals surface area (Å²) in [6.07, 6.45) is 1.99. The molecule has 0 aromatic heterocycles. The molecule has 4 heteroatoms. The van der Waals surface area contributed by atoms with Crippen molar-refractivity contribution in [3.8, 4) is 0 Å². The lowest BCUT2D eigenvalue weighted by molar-refractivity contribution is 0.00578. The molecule has 1 aromatic carbocycles. The fraction of sp³-hybridized carbons (Fsp3) is 0.467. The maximum Gasteiger partial charge on any atom is 0.487 e. The van der Waals surface area contributed by atoms with Crippen LogP contribution in [0.4, 0.5) is 0 Å². The molecule has 2 rings (SSSR count). The number of aryl methyl sites for hydroxylation is 1. The first-order chi connectivity index (χ1) is 8.69. The highest BCUT2D eigenvalue weighted by molar-refractivity contribution is 6.52. The highest BCUT2D eigenvalue weighted by Crippen LogP contribution is 2.37. The molecule has 0 N–H and O–H groups in total. The molecule has 0 bridgehead atoms. The summed E-state index contributed by atoms with van der Waals surface area (Å²) in [5.74, 6) is 1.93. The largest absolute Gasteiger partial charge is 0.487 e. The topological polar surface area (TPSA) is 18.5 Å². The van der Waals surface area contributed by atoms with Gasteiger partial charge in [-0.15, -0.1) is 0 Å². The van der Waals surface area contributed by atoms with Crippen molar-refractivity contribution < 1.29 is 9.31 Å². The van der Waals surface area contributed by atoms with Crippen LogP contribution in [-0.2, 0) is 9.31 Å². The van der Waals surface area contributed by atoms with Gasteiger partial charge in [-0.1, -0.05) is 29.7 Å². The number of rotatable bonds is 2. The fourth-order valence-corrected chi connectivity index (χ4v) is 2.32. The average Bonchev–Trinajstić information content (AvgIpc) is 2.43. The van der Waals surface area contributed by atoms with E-state index in [9.17, 15) is 0 Å². The lowest BCUT2D eigenvalue weighted by Crippen LogP contribution is -2.41. The Hall–Kier alpha value is -0.765. The van der Waals surface area contributed by atoms with Gasteiger partial charge in [0, 0.05) is 5.02 Å². The first-order valence-corrected chi connectivity index (χ1v) is 6.88. The summed E-state index contributed by atoms with van der Waals surface area (Å²) >= 11 is 6.04. The monoisotopic (exact) mass is 278 g/mol. The van der Waals surface area contributed by atoms with Crippen molar-refractivity contribution in [1.29, 1.82) is 0 Å². The van der Waals surface area contributed by atoms with Gasteiger partial charge in [-0.3, -0.25) is 0 Å². The van der Waals surface area contributed by atoms with Crippen molar-refractivity contribution >= 4 is 24.8 Å². The SMILES string of the molecule is Cc1cc(Cl)cc(/C=C/B2OC(C)(C)C(C)(C)O2)c1. The van der Waals surface area contributed by atoms with Gasteiger partial charge in [0.25, 0.3) is 0 Å². The maximum atomic E-state index is 6.04. The summed E-state index contributed by atoms with van der Waals surface area (Å²) in [5, 5.41) is 0.744. The lowest BCUT2D eigenvalue weighted by Gasteiger charge is -2.32. The second-order valence-corrected chi connectivity index (χ2v) is 6.48. The minimum atomic E-state index is -0.315. The third kappa shape index (κ3) is 3.22. The van der Waals surface area contributed by atoms with E-state index in [2.05, 4.69) is 6.07 Å². The van der Waals surface area contributed by atoms with Crippen molar-refractivity contribution in [2.45, 2.75) is 45.8 Å². The minimum absolute atomic E-state index is 0.299. The van der Waals surface area contributed by atoms with Crippen molar-refractivity contribution in [2.24, 2.45) is 0 Å². The summed E-state index contributed by atoms with van der Waals surface area (Å²) in [6.45, 7) is 10.2. The van der Waals surface area contributed by atoms with Crippen molar-refractivity contribution in [1.82, 2.24) is 0 Å². The molecule has 1 fully saturated rings. The van der Waals surface area contributed by atoms with Gasteiger partial charge in [0.1, 0.15) is 0 Å². The molecule has 1 aromatic rings. The Labute approximate surface area is 120 Å². The van der Waals surface area contributed by atoms with Gasteiger partial charge >= 0.3 is 7.12 Å². The molecule has 0 radical (unpaired) electrons. The molecule has 0 spiro atoms. The van der Waals surface area contributed by atoms with E-state index in [1.165, 1.54) is 0 Å². The van der Waals surface area contributed by atoms with Crippen molar-refractivity contribution in [2.75, 3.05) is 0 Å². The van der Waals surface area contributed by atoms with Gasteiger partial charge in [-0.05, 0) is 57.9 Å². The zero-order valence-electron chi connectivity index (χ0n) is 12.2. The first kappa shape index (κ1) is 14.6. The molecule has 1 saturated heterocycles. The van der Waals surface area contributed by atoms with E-state index in [-0.39, 0.29) is 18.3 Å². The lowest BCUT2D eigenvalue weighted by atomic mass is 9.89. The molecule has 1 aliphatic heterocycles. The summed E-state index contributed by atoms with van der Waals surface area (Å²) in [6, 6.07) is 5.94. The van der Waals surface area contributed by atoms with Crippen LogP contribution in [0.3, 0.4) is 0 Å². The van der Waals surface area contributed by atoms with Crippen LogP contribution in [0.25, 0.3) is 6.08 Å². The van der Waals surface area contributed by atoms with Gasteiger partial charge in [0.15, 0.2) is 0 Å². The normalized spacial score (nSPS) is 21.3. The van der Waals surface area contributed by atoms with E-state index in [0.29, 0.717) is 0 Å². The predicted octanol–water partition coefficient (Wildman–Crippen LogP) is 4.29. The third-order valence-corrected chi connectivity index (χ3v) is 4.00. The van der Waals surface area contributed by atoms with Gasteiger partial charge in [0.05, 0.1) is 11.2 Å². The molecule has 0 saturated carbocycles. The zero-order valence-corrected chi connectivity index (χ0v) is 12.9.